The van der Waals surface area contributed by atoms with Crippen molar-refractivity contribution in [3.8, 4) is 55.6 Å². The molecule has 2 aliphatic carbocycles. The molecule has 264 valence electrons. The Labute approximate surface area is 325 Å². The topological polar surface area (TPSA) is 3.24 Å². The maximum absolute atomic E-state index is 2.48. The van der Waals surface area contributed by atoms with Crippen LogP contribution in [0.2, 0.25) is 0 Å². The van der Waals surface area contributed by atoms with Crippen LogP contribution in [0.25, 0.3) is 55.6 Å². The van der Waals surface area contributed by atoms with Crippen molar-refractivity contribution in [2.75, 3.05) is 4.90 Å². The predicted octanol–water partition coefficient (Wildman–Crippen LogP) is 14.8. The summed E-state index contributed by atoms with van der Waals surface area (Å²) in [5.41, 5.74) is 21.3. The van der Waals surface area contributed by atoms with Crippen LogP contribution in [0.3, 0.4) is 0 Å². The molecule has 8 aromatic rings. The average Bonchev–Trinajstić information content (AvgIpc) is 3.60. The lowest BCUT2D eigenvalue weighted by molar-refractivity contribution is 0.660. The normalized spacial score (nSPS) is 14.1. The van der Waals surface area contributed by atoms with Gasteiger partial charge in [0.1, 0.15) is 0 Å². The molecule has 1 nitrogen and oxygen atoms in total. The maximum Gasteiger partial charge on any atom is 0.0546 e. The van der Waals surface area contributed by atoms with Gasteiger partial charge in [-0.1, -0.05) is 179 Å². The average molecular weight is 706 g/mol. The SMILES string of the molecule is CC1(C)c2ccccc2-c2cc(-c3c(-c4ccccc4)cccc3N(c3ccc(-c4ccccc4)cc3)c3ccc4c(c3)-c3ccccc3C4(C)C)ccc21. The molecule has 2 aliphatic rings. The smallest absolute Gasteiger partial charge is 0.0546 e. The molecule has 0 saturated heterocycles. The zero-order chi connectivity index (χ0) is 37.3. The van der Waals surface area contributed by atoms with Crippen LogP contribution >= 0.6 is 0 Å². The number of hydrogen-bond acceptors (Lipinski definition) is 1. The van der Waals surface area contributed by atoms with Crippen LogP contribution in [0.15, 0.2) is 188 Å². The fourth-order valence-electron chi connectivity index (χ4n) is 9.47. The van der Waals surface area contributed by atoms with Crippen LogP contribution in [-0.4, -0.2) is 0 Å². The van der Waals surface area contributed by atoms with E-state index in [1.807, 2.05) is 0 Å². The zero-order valence-corrected chi connectivity index (χ0v) is 31.8. The van der Waals surface area contributed by atoms with Gasteiger partial charge in [-0.3, -0.25) is 0 Å². The second-order valence-corrected chi connectivity index (χ2v) is 16.1. The van der Waals surface area contributed by atoms with Crippen molar-refractivity contribution in [1.82, 2.24) is 0 Å². The number of fused-ring (bicyclic) bond motifs is 6. The zero-order valence-electron chi connectivity index (χ0n) is 31.8. The van der Waals surface area contributed by atoms with Crippen LogP contribution in [0.5, 0.6) is 0 Å². The Hall–Kier alpha value is -6.44. The molecule has 0 N–H and O–H groups in total. The minimum Gasteiger partial charge on any atom is -0.310 e. The van der Waals surface area contributed by atoms with Crippen molar-refractivity contribution in [2.45, 2.75) is 38.5 Å². The quantitative estimate of drug-likeness (QED) is 0.166. The summed E-state index contributed by atoms with van der Waals surface area (Å²) in [6, 6.07) is 69.6. The third-order valence-electron chi connectivity index (χ3n) is 12.3. The number of benzene rings is 8. The second kappa shape index (κ2) is 12.6. The van der Waals surface area contributed by atoms with E-state index in [2.05, 4.69) is 221 Å². The highest BCUT2D eigenvalue weighted by Gasteiger charge is 2.37. The largest absolute Gasteiger partial charge is 0.310 e. The molecule has 1 heteroatoms. The second-order valence-electron chi connectivity index (χ2n) is 16.1. The fourth-order valence-corrected chi connectivity index (χ4v) is 9.47. The fraction of sp³-hybridized carbons (Fsp3) is 0.111. The van der Waals surface area contributed by atoms with E-state index in [0.29, 0.717) is 0 Å². The third-order valence-corrected chi connectivity index (χ3v) is 12.3. The summed E-state index contributed by atoms with van der Waals surface area (Å²) in [6.45, 7) is 9.42. The summed E-state index contributed by atoms with van der Waals surface area (Å²) >= 11 is 0. The van der Waals surface area contributed by atoms with Crippen LogP contribution in [0.1, 0.15) is 49.9 Å². The van der Waals surface area contributed by atoms with E-state index in [9.17, 15) is 0 Å². The maximum atomic E-state index is 2.48. The minimum atomic E-state index is -0.0700. The molecule has 55 heavy (non-hydrogen) atoms. The molecular formula is C54H43N. The van der Waals surface area contributed by atoms with Gasteiger partial charge in [0.2, 0.25) is 0 Å². The van der Waals surface area contributed by atoms with Gasteiger partial charge in [0, 0.05) is 27.8 Å². The van der Waals surface area contributed by atoms with E-state index < -0.39 is 0 Å². The number of hydrogen-bond donors (Lipinski definition) is 0. The Bertz CT molecular complexity index is 2740. The van der Waals surface area contributed by atoms with Crippen molar-refractivity contribution in [1.29, 1.82) is 0 Å². The van der Waals surface area contributed by atoms with E-state index in [4.69, 9.17) is 0 Å². The van der Waals surface area contributed by atoms with Crippen LogP contribution < -0.4 is 4.90 Å². The summed E-state index contributed by atoms with van der Waals surface area (Å²) in [5.74, 6) is 0. The first-order valence-electron chi connectivity index (χ1n) is 19.4. The van der Waals surface area contributed by atoms with Crippen molar-refractivity contribution in [3.63, 3.8) is 0 Å². The van der Waals surface area contributed by atoms with Gasteiger partial charge in [-0.15, -0.1) is 0 Å². The molecule has 0 atom stereocenters. The molecule has 0 fully saturated rings. The van der Waals surface area contributed by atoms with E-state index in [1.165, 1.54) is 77.9 Å². The predicted molar refractivity (Wildman–Crippen MR) is 233 cm³/mol. The van der Waals surface area contributed by atoms with Gasteiger partial charge in [-0.2, -0.15) is 0 Å². The van der Waals surface area contributed by atoms with Gasteiger partial charge in [0.25, 0.3) is 0 Å². The first kappa shape index (κ1) is 33.2. The number of anilines is 3. The number of rotatable bonds is 6. The highest BCUT2D eigenvalue weighted by Crippen LogP contribution is 2.54. The molecule has 0 radical (unpaired) electrons. The van der Waals surface area contributed by atoms with Gasteiger partial charge < -0.3 is 4.90 Å². The summed E-state index contributed by atoms with van der Waals surface area (Å²) in [4.78, 5) is 2.48. The Morgan fingerprint density at radius 2 is 0.764 bits per heavy atom. The molecule has 10 rings (SSSR count). The Morgan fingerprint density at radius 1 is 0.309 bits per heavy atom. The lowest BCUT2D eigenvalue weighted by Gasteiger charge is -2.30. The van der Waals surface area contributed by atoms with Crippen molar-refractivity contribution in [2.24, 2.45) is 0 Å². The molecule has 0 aromatic heterocycles. The van der Waals surface area contributed by atoms with Crippen LogP contribution in [0.4, 0.5) is 17.1 Å². The van der Waals surface area contributed by atoms with Crippen molar-refractivity contribution >= 4 is 17.1 Å². The Kier molecular flexibility index (Phi) is 7.58. The summed E-state index contributed by atoms with van der Waals surface area (Å²) in [5, 5.41) is 0. The molecule has 0 bridgehead atoms. The standard InChI is InChI=1S/C54H43N/c1-53(2)47-23-13-11-20-43(47)45-34-39(28-32-49(45)53)52-42(38-18-9-6-10-19-38)22-15-25-51(52)55(40-29-26-37(27-30-40)36-16-7-5-8-17-36)41-31-33-50-46(35-41)44-21-12-14-24-48(44)54(50,3)4/h5-35H,1-4H3. The van der Waals surface area contributed by atoms with Gasteiger partial charge in [0.05, 0.1) is 5.69 Å². The molecule has 0 saturated carbocycles. The molecule has 0 amide bonds. The van der Waals surface area contributed by atoms with Gasteiger partial charge >= 0.3 is 0 Å². The van der Waals surface area contributed by atoms with E-state index in [-0.39, 0.29) is 10.8 Å². The highest BCUT2D eigenvalue weighted by molar-refractivity contribution is 5.99. The van der Waals surface area contributed by atoms with Gasteiger partial charge in [-0.05, 0) is 109 Å². The lowest BCUT2D eigenvalue weighted by atomic mass is 9.82. The van der Waals surface area contributed by atoms with Gasteiger partial charge in [-0.25, -0.2) is 0 Å². The molecule has 0 spiro atoms. The van der Waals surface area contributed by atoms with E-state index in [0.717, 1.165) is 17.1 Å². The van der Waals surface area contributed by atoms with Crippen LogP contribution in [0, 0.1) is 0 Å². The first-order chi connectivity index (χ1) is 26.8. The summed E-state index contributed by atoms with van der Waals surface area (Å²) in [6.07, 6.45) is 0. The summed E-state index contributed by atoms with van der Waals surface area (Å²) < 4.78 is 0. The Balaban J connectivity index is 1.23. The van der Waals surface area contributed by atoms with Crippen LogP contribution in [-0.2, 0) is 10.8 Å². The number of nitrogens with zero attached hydrogens (tertiary/aromatic N) is 1. The molecule has 0 unspecified atom stereocenters. The van der Waals surface area contributed by atoms with E-state index in [1.54, 1.807) is 0 Å². The molecule has 8 aromatic carbocycles. The molecule has 0 aliphatic heterocycles. The Morgan fingerprint density at radius 3 is 1.40 bits per heavy atom. The van der Waals surface area contributed by atoms with Crippen molar-refractivity contribution in [3.05, 3.63) is 210 Å². The van der Waals surface area contributed by atoms with E-state index >= 15 is 0 Å². The third kappa shape index (κ3) is 5.22. The minimum absolute atomic E-state index is 0.0622. The lowest BCUT2D eigenvalue weighted by Crippen LogP contribution is -2.16. The monoisotopic (exact) mass is 705 g/mol. The highest BCUT2D eigenvalue weighted by atomic mass is 15.1. The van der Waals surface area contributed by atoms with Gasteiger partial charge in [0.15, 0.2) is 0 Å². The summed E-state index contributed by atoms with van der Waals surface area (Å²) in [7, 11) is 0. The van der Waals surface area contributed by atoms with Crippen molar-refractivity contribution < 1.29 is 0 Å². The first-order valence-corrected chi connectivity index (χ1v) is 19.4. The molecular weight excluding hydrogens is 663 g/mol. The molecule has 0 heterocycles.